The molecule has 0 aromatic carbocycles. The first-order valence-corrected chi connectivity index (χ1v) is 6.09. The van der Waals surface area contributed by atoms with E-state index in [1.165, 1.54) is 7.11 Å². The van der Waals surface area contributed by atoms with Gasteiger partial charge in [0.25, 0.3) is 0 Å². The SMILES string of the molecule is CCC(C)C(NC(=O)C1(CN)CC1)C(=O)OC. The Morgan fingerprint density at radius 3 is 2.41 bits per heavy atom. The van der Waals surface area contributed by atoms with E-state index in [1.807, 2.05) is 13.8 Å². The van der Waals surface area contributed by atoms with E-state index < -0.39 is 11.5 Å². The van der Waals surface area contributed by atoms with E-state index in [0.717, 1.165) is 19.3 Å². The summed E-state index contributed by atoms with van der Waals surface area (Å²) in [6, 6.07) is -0.568. The molecule has 17 heavy (non-hydrogen) atoms. The molecule has 1 rings (SSSR count). The molecule has 2 unspecified atom stereocenters. The average molecular weight is 242 g/mol. The normalized spacial score (nSPS) is 20.2. The molecule has 1 aliphatic rings. The predicted molar refractivity (Wildman–Crippen MR) is 64.1 cm³/mol. The predicted octanol–water partition coefficient (Wildman–Crippen LogP) is 0.429. The maximum atomic E-state index is 12.0. The Morgan fingerprint density at radius 2 is 2.06 bits per heavy atom. The van der Waals surface area contributed by atoms with Gasteiger partial charge in [-0.3, -0.25) is 4.79 Å². The van der Waals surface area contributed by atoms with Crippen LogP contribution in [0.15, 0.2) is 0 Å². The number of nitrogens with two attached hydrogens (primary N) is 1. The maximum Gasteiger partial charge on any atom is 0.328 e. The third kappa shape index (κ3) is 2.97. The van der Waals surface area contributed by atoms with Crippen molar-refractivity contribution in [1.29, 1.82) is 0 Å². The third-order valence-electron chi connectivity index (χ3n) is 3.68. The molecule has 98 valence electrons. The van der Waals surface area contributed by atoms with Gasteiger partial charge in [-0.1, -0.05) is 20.3 Å². The highest BCUT2D eigenvalue weighted by Crippen LogP contribution is 2.44. The van der Waals surface area contributed by atoms with Gasteiger partial charge < -0.3 is 15.8 Å². The zero-order valence-electron chi connectivity index (χ0n) is 10.8. The highest BCUT2D eigenvalue weighted by Gasteiger charge is 2.49. The van der Waals surface area contributed by atoms with Crippen LogP contribution in [-0.4, -0.2) is 31.6 Å². The monoisotopic (exact) mass is 242 g/mol. The molecule has 0 bridgehead atoms. The zero-order chi connectivity index (χ0) is 13.1. The van der Waals surface area contributed by atoms with Gasteiger partial charge in [-0.2, -0.15) is 0 Å². The molecule has 2 atom stereocenters. The fraction of sp³-hybridized carbons (Fsp3) is 0.833. The van der Waals surface area contributed by atoms with E-state index in [9.17, 15) is 9.59 Å². The minimum Gasteiger partial charge on any atom is -0.467 e. The lowest BCUT2D eigenvalue weighted by atomic mass is 9.97. The molecule has 0 aliphatic heterocycles. The molecule has 1 amide bonds. The van der Waals surface area contributed by atoms with Gasteiger partial charge in [0, 0.05) is 6.54 Å². The Kier molecular flexibility index (Phi) is 4.51. The van der Waals surface area contributed by atoms with Gasteiger partial charge in [-0.15, -0.1) is 0 Å². The fourth-order valence-corrected chi connectivity index (χ4v) is 1.77. The van der Waals surface area contributed by atoms with E-state index in [0.29, 0.717) is 6.54 Å². The first kappa shape index (κ1) is 14.0. The summed E-state index contributed by atoms with van der Waals surface area (Å²) in [7, 11) is 1.33. The number of carbonyl (C=O) groups excluding carboxylic acids is 2. The van der Waals surface area contributed by atoms with Gasteiger partial charge in [-0.25, -0.2) is 4.79 Å². The third-order valence-corrected chi connectivity index (χ3v) is 3.68. The summed E-state index contributed by atoms with van der Waals surface area (Å²) in [6.07, 6.45) is 2.42. The summed E-state index contributed by atoms with van der Waals surface area (Å²) in [5.41, 5.74) is 5.15. The molecule has 5 heteroatoms. The maximum absolute atomic E-state index is 12.0. The van der Waals surface area contributed by atoms with Crippen molar-refractivity contribution in [2.45, 2.75) is 39.2 Å². The smallest absolute Gasteiger partial charge is 0.328 e. The minimum absolute atomic E-state index is 0.0555. The molecule has 0 spiro atoms. The quantitative estimate of drug-likeness (QED) is 0.662. The molecule has 0 saturated heterocycles. The van der Waals surface area contributed by atoms with Crippen LogP contribution < -0.4 is 11.1 Å². The van der Waals surface area contributed by atoms with Crippen molar-refractivity contribution < 1.29 is 14.3 Å². The van der Waals surface area contributed by atoms with Gasteiger partial charge in [0.15, 0.2) is 0 Å². The largest absolute Gasteiger partial charge is 0.467 e. The van der Waals surface area contributed by atoms with Crippen LogP contribution in [-0.2, 0) is 14.3 Å². The second-order valence-corrected chi connectivity index (χ2v) is 4.84. The van der Waals surface area contributed by atoms with Gasteiger partial charge in [0.2, 0.25) is 5.91 Å². The minimum atomic E-state index is -0.568. The molecule has 1 saturated carbocycles. The molecule has 0 heterocycles. The summed E-state index contributed by atoms with van der Waals surface area (Å²) in [5.74, 6) is -0.448. The molecular formula is C12H22N2O3. The summed E-state index contributed by atoms with van der Waals surface area (Å²) >= 11 is 0. The molecular weight excluding hydrogens is 220 g/mol. The van der Waals surface area contributed by atoms with Crippen molar-refractivity contribution in [3.05, 3.63) is 0 Å². The second kappa shape index (κ2) is 5.49. The van der Waals surface area contributed by atoms with E-state index in [1.54, 1.807) is 0 Å². The fourth-order valence-electron chi connectivity index (χ4n) is 1.77. The molecule has 0 aromatic heterocycles. The van der Waals surface area contributed by atoms with Crippen LogP contribution in [0.3, 0.4) is 0 Å². The molecule has 0 radical (unpaired) electrons. The standard InChI is InChI=1S/C12H22N2O3/c1-4-8(2)9(10(15)17-3)14-11(16)12(7-13)5-6-12/h8-9H,4-7,13H2,1-3H3,(H,14,16). The number of rotatable bonds is 6. The van der Waals surface area contributed by atoms with Crippen molar-refractivity contribution in [2.24, 2.45) is 17.1 Å². The number of hydrogen-bond donors (Lipinski definition) is 2. The number of ether oxygens (including phenoxy) is 1. The summed E-state index contributed by atoms with van der Waals surface area (Å²) in [4.78, 5) is 23.6. The van der Waals surface area contributed by atoms with E-state index in [4.69, 9.17) is 10.5 Å². The lowest BCUT2D eigenvalue weighted by molar-refractivity contribution is -0.147. The van der Waals surface area contributed by atoms with Crippen LogP contribution in [0, 0.1) is 11.3 Å². The van der Waals surface area contributed by atoms with E-state index in [-0.39, 0.29) is 17.8 Å². The van der Waals surface area contributed by atoms with Crippen LogP contribution in [0.2, 0.25) is 0 Å². The van der Waals surface area contributed by atoms with Crippen LogP contribution in [0.25, 0.3) is 0 Å². The van der Waals surface area contributed by atoms with Crippen molar-refractivity contribution in [3.8, 4) is 0 Å². The Morgan fingerprint density at radius 1 is 1.47 bits per heavy atom. The number of carbonyl (C=O) groups is 2. The topological polar surface area (TPSA) is 81.4 Å². The van der Waals surface area contributed by atoms with Gasteiger partial charge in [0.05, 0.1) is 12.5 Å². The molecule has 3 N–H and O–H groups in total. The van der Waals surface area contributed by atoms with Gasteiger partial charge >= 0.3 is 5.97 Å². The molecule has 1 fully saturated rings. The van der Waals surface area contributed by atoms with Gasteiger partial charge in [-0.05, 0) is 18.8 Å². The molecule has 5 nitrogen and oxygen atoms in total. The van der Waals surface area contributed by atoms with Crippen molar-refractivity contribution in [3.63, 3.8) is 0 Å². The number of esters is 1. The summed E-state index contributed by atoms with van der Waals surface area (Å²) in [6.45, 7) is 4.24. The summed E-state index contributed by atoms with van der Waals surface area (Å²) in [5, 5.41) is 2.78. The van der Waals surface area contributed by atoms with Crippen LogP contribution in [0.1, 0.15) is 33.1 Å². The number of amides is 1. The molecule has 0 aromatic rings. The van der Waals surface area contributed by atoms with Crippen LogP contribution >= 0.6 is 0 Å². The molecule has 1 aliphatic carbocycles. The van der Waals surface area contributed by atoms with Crippen LogP contribution in [0.4, 0.5) is 0 Å². The first-order chi connectivity index (χ1) is 8.00. The summed E-state index contributed by atoms with van der Waals surface area (Å²) < 4.78 is 4.72. The Hall–Kier alpha value is -1.10. The van der Waals surface area contributed by atoms with Crippen molar-refractivity contribution >= 4 is 11.9 Å². The number of nitrogens with one attached hydrogen (secondary N) is 1. The Labute approximate surface area is 102 Å². The average Bonchev–Trinajstić information content (AvgIpc) is 3.14. The van der Waals surface area contributed by atoms with Crippen LogP contribution in [0.5, 0.6) is 0 Å². The lowest BCUT2D eigenvalue weighted by Gasteiger charge is -2.24. The number of methoxy groups -OCH3 is 1. The Bertz CT molecular complexity index is 300. The second-order valence-electron chi connectivity index (χ2n) is 4.84. The lowest BCUT2D eigenvalue weighted by Crippen LogP contribution is -2.49. The highest BCUT2D eigenvalue weighted by molar-refractivity contribution is 5.90. The van der Waals surface area contributed by atoms with E-state index in [2.05, 4.69) is 5.32 Å². The Balaban J connectivity index is 2.66. The van der Waals surface area contributed by atoms with Gasteiger partial charge in [0.1, 0.15) is 6.04 Å². The zero-order valence-corrected chi connectivity index (χ0v) is 10.8. The van der Waals surface area contributed by atoms with Crippen molar-refractivity contribution in [1.82, 2.24) is 5.32 Å². The number of hydrogen-bond acceptors (Lipinski definition) is 4. The first-order valence-electron chi connectivity index (χ1n) is 6.09. The van der Waals surface area contributed by atoms with E-state index >= 15 is 0 Å². The highest BCUT2D eigenvalue weighted by atomic mass is 16.5. The van der Waals surface area contributed by atoms with Crippen molar-refractivity contribution in [2.75, 3.05) is 13.7 Å².